The van der Waals surface area contributed by atoms with Crippen molar-refractivity contribution in [3.63, 3.8) is 0 Å². The zero-order valence-electron chi connectivity index (χ0n) is 21.3. The van der Waals surface area contributed by atoms with E-state index in [-0.39, 0.29) is 6.61 Å². The van der Waals surface area contributed by atoms with Crippen molar-refractivity contribution in [3.8, 4) is 23.3 Å². The predicted molar refractivity (Wildman–Crippen MR) is 151 cm³/mol. The smallest absolute Gasteiger partial charge is 0.341 e. The van der Waals surface area contributed by atoms with Gasteiger partial charge in [0, 0.05) is 22.9 Å². The Morgan fingerprint density at radius 2 is 1.79 bits per heavy atom. The average Bonchev–Trinajstić information content (AvgIpc) is 3.45. The number of ether oxygens (including phenoxy) is 2. The first-order valence-corrected chi connectivity index (χ1v) is 13.2. The molecule has 0 spiro atoms. The molecule has 192 valence electrons. The molecule has 0 unspecified atom stereocenters. The Hall–Kier alpha value is -4.41. The van der Waals surface area contributed by atoms with Crippen molar-refractivity contribution in [1.29, 1.82) is 0 Å². The number of aliphatic carboxylic acids is 1. The van der Waals surface area contributed by atoms with Crippen molar-refractivity contribution in [1.82, 2.24) is 9.78 Å². The van der Waals surface area contributed by atoms with Crippen LogP contribution in [-0.4, -0.2) is 40.3 Å². The van der Waals surface area contributed by atoms with Crippen LogP contribution in [0.2, 0.25) is 0 Å². The molecule has 0 bridgehead atoms. The van der Waals surface area contributed by atoms with Crippen LogP contribution in [-0.2, 0) is 11.3 Å². The van der Waals surface area contributed by atoms with Crippen LogP contribution < -0.4 is 9.47 Å². The molecule has 0 aliphatic carbocycles. The molecule has 1 N–H and O–H groups in total. The fraction of sp³-hybridized carbons (Fsp3) is 0.161. The van der Waals surface area contributed by atoms with Gasteiger partial charge in [-0.1, -0.05) is 36.1 Å². The van der Waals surface area contributed by atoms with Crippen LogP contribution in [0.1, 0.15) is 22.3 Å². The van der Waals surface area contributed by atoms with E-state index in [1.54, 1.807) is 34.8 Å². The van der Waals surface area contributed by atoms with Gasteiger partial charge in [-0.3, -0.25) is 4.68 Å². The summed E-state index contributed by atoms with van der Waals surface area (Å²) in [7, 11) is 0. The van der Waals surface area contributed by atoms with Crippen molar-refractivity contribution in [2.24, 2.45) is 0 Å². The average molecular weight is 525 g/mol. The van der Waals surface area contributed by atoms with E-state index in [0.29, 0.717) is 24.7 Å². The zero-order valence-corrected chi connectivity index (χ0v) is 22.1. The van der Waals surface area contributed by atoms with Gasteiger partial charge in [-0.2, -0.15) is 5.10 Å². The van der Waals surface area contributed by atoms with Crippen molar-refractivity contribution in [2.75, 3.05) is 19.5 Å². The molecule has 3 aromatic carbocycles. The van der Waals surface area contributed by atoms with Gasteiger partial charge in [0.2, 0.25) is 0 Å². The number of carboxylic acids is 1. The third kappa shape index (κ3) is 7.55. The molecule has 0 amide bonds. The first kappa shape index (κ1) is 26.6. The number of rotatable bonds is 10. The number of carbonyl (C=O) groups is 1. The highest BCUT2D eigenvalue weighted by Crippen LogP contribution is 2.27. The maximum Gasteiger partial charge on any atom is 0.341 e. The van der Waals surface area contributed by atoms with Gasteiger partial charge < -0.3 is 14.6 Å². The fourth-order valence-corrected chi connectivity index (χ4v) is 4.17. The second-order valence-corrected chi connectivity index (χ2v) is 9.23. The Labute approximate surface area is 226 Å². The first-order valence-electron chi connectivity index (χ1n) is 12.0. The van der Waals surface area contributed by atoms with Gasteiger partial charge in [0.15, 0.2) is 6.61 Å². The summed E-state index contributed by atoms with van der Waals surface area (Å²) in [6.07, 6.45) is 7.76. The summed E-state index contributed by atoms with van der Waals surface area (Å²) in [5.41, 5.74) is 4.97. The summed E-state index contributed by atoms with van der Waals surface area (Å²) < 4.78 is 13.1. The maximum absolute atomic E-state index is 10.8. The van der Waals surface area contributed by atoms with Crippen molar-refractivity contribution < 1.29 is 19.4 Å². The molecule has 0 atom stereocenters. The molecule has 6 nitrogen and oxygen atoms in total. The molecule has 0 saturated heterocycles. The van der Waals surface area contributed by atoms with E-state index in [0.717, 1.165) is 27.8 Å². The summed E-state index contributed by atoms with van der Waals surface area (Å²) in [4.78, 5) is 12.0. The Bertz CT molecular complexity index is 1450. The van der Waals surface area contributed by atoms with Crippen LogP contribution in [0.5, 0.6) is 11.5 Å². The SMILES string of the molecule is CSc1ccc(/C(=C/COc2ccc(OCC(=O)O)c(C)c2)c2ccc(C#CCn3cccn3)cc2)cc1. The lowest BCUT2D eigenvalue weighted by Crippen LogP contribution is -2.10. The molecule has 1 aromatic heterocycles. The van der Waals surface area contributed by atoms with E-state index in [2.05, 4.69) is 65.7 Å². The molecule has 4 aromatic rings. The normalized spacial score (nSPS) is 10.9. The van der Waals surface area contributed by atoms with Gasteiger partial charge in [-0.05, 0) is 90.0 Å². The minimum absolute atomic E-state index is 0.361. The van der Waals surface area contributed by atoms with E-state index in [4.69, 9.17) is 14.6 Å². The number of nitrogens with zero attached hydrogens (tertiary/aromatic N) is 2. The number of aromatic nitrogens is 2. The van der Waals surface area contributed by atoms with E-state index in [1.807, 2.05) is 37.4 Å². The van der Waals surface area contributed by atoms with Crippen LogP contribution >= 0.6 is 11.8 Å². The molecule has 1 heterocycles. The third-order valence-electron chi connectivity index (χ3n) is 5.66. The Morgan fingerprint density at radius 3 is 2.42 bits per heavy atom. The van der Waals surface area contributed by atoms with Crippen LogP contribution in [0.4, 0.5) is 0 Å². The lowest BCUT2D eigenvalue weighted by molar-refractivity contribution is -0.139. The number of carboxylic acid groups (broad SMARTS) is 1. The monoisotopic (exact) mass is 524 g/mol. The quantitative estimate of drug-likeness (QED) is 0.205. The standard InChI is InChI=1S/C31H28N2O4S/c1-23-21-27(12-15-30(23)37-22-31(34)35)36-20-16-29(26-10-13-28(38-2)14-11-26)25-8-6-24(7-9-25)5-3-18-33-19-4-17-32-33/h4,6-17,19,21H,18,20,22H2,1-2H3,(H,34,35)/b29-16+. The Kier molecular flexibility index (Phi) is 9.27. The Balaban J connectivity index is 1.50. The fourth-order valence-electron chi connectivity index (χ4n) is 3.76. The number of hydrogen-bond acceptors (Lipinski definition) is 5. The van der Waals surface area contributed by atoms with Gasteiger partial charge >= 0.3 is 5.97 Å². The van der Waals surface area contributed by atoms with Crippen LogP contribution in [0.3, 0.4) is 0 Å². The lowest BCUT2D eigenvalue weighted by Gasteiger charge is -2.12. The molecular weight excluding hydrogens is 496 g/mol. The topological polar surface area (TPSA) is 73.6 Å². The molecule has 0 aliphatic heterocycles. The summed E-state index contributed by atoms with van der Waals surface area (Å²) >= 11 is 1.71. The summed E-state index contributed by atoms with van der Waals surface area (Å²) in [5.74, 6) is 6.54. The summed E-state index contributed by atoms with van der Waals surface area (Å²) in [6, 6.07) is 23.9. The van der Waals surface area contributed by atoms with Crippen LogP contribution in [0.25, 0.3) is 5.57 Å². The highest BCUT2D eigenvalue weighted by atomic mass is 32.2. The van der Waals surface area contributed by atoms with E-state index in [9.17, 15) is 4.79 Å². The molecule has 0 saturated carbocycles. The van der Waals surface area contributed by atoms with Crippen LogP contribution in [0.15, 0.2) is 96.2 Å². The zero-order chi connectivity index (χ0) is 26.7. The first-order chi connectivity index (χ1) is 18.5. The highest BCUT2D eigenvalue weighted by Gasteiger charge is 2.08. The predicted octanol–water partition coefficient (Wildman–Crippen LogP) is 5.94. The number of hydrogen-bond donors (Lipinski definition) is 1. The molecule has 7 heteroatoms. The van der Waals surface area contributed by atoms with Gasteiger partial charge in [0.25, 0.3) is 0 Å². The largest absolute Gasteiger partial charge is 0.489 e. The van der Waals surface area contributed by atoms with Crippen molar-refractivity contribution >= 4 is 23.3 Å². The molecular formula is C31H28N2O4S. The highest BCUT2D eigenvalue weighted by molar-refractivity contribution is 7.98. The number of thioether (sulfide) groups is 1. The summed E-state index contributed by atoms with van der Waals surface area (Å²) in [5, 5.41) is 13.0. The third-order valence-corrected chi connectivity index (χ3v) is 6.41. The van der Waals surface area contributed by atoms with E-state index in [1.165, 1.54) is 4.90 Å². The number of benzene rings is 3. The lowest BCUT2D eigenvalue weighted by atomic mass is 9.97. The van der Waals surface area contributed by atoms with E-state index < -0.39 is 5.97 Å². The summed E-state index contributed by atoms with van der Waals surface area (Å²) in [6.45, 7) is 2.39. The minimum atomic E-state index is -1.01. The van der Waals surface area contributed by atoms with E-state index >= 15 is 0 Å². The maximum atomic E-state index is 10.8. The Morgan fingerprint density at radius 1 is 1.05 bits per heavy atom. The molecule has 0 radical (unpaired) electrons. The van der Waals surface area contributed by atoms with Crippen molar-refractivity contribution in [2.45, 2.75) is 18.4 Å². The minimum Gasteiger partial charge on any atom is -0.489 e. The molecule has 0 fully saturated rings. The second-order valence-electron chi connectivity index (χ2n) is 8.35. The molecule has 38 heavy (non-hydrogen) atoms. The van der Waals surface area contributed by atoms with Crippen LogP contribution in [0, 0.1) is 18.8 Å². The van der Waals surface area contributed by atoms with Gasteiger partial charge in [0.1, 0.15) is 24.7 Å². The van der Waals surface area contributed by atoms with Crippen molar-refractivity contribution in [3.05, 3.63) is 114 Å². The molecule has 0 aliphatic rings. The molecule has 4 rings (SSSR count). The second kappa shape index (κ2) is 13.2. The van der Waals surface area contributed by atoms with Gasteiger partial charge in [-0.25, -0.2) is 4.79 Å². The number of aryl methyl sites for hydroxylation is 1. The van der Waals surface area contributed by atoms with Gasteiger partial charge in [-0.15, -0.1) is 11.8 Å². The van der Waals surface area contributed by atoms with Gasteiger partial charge in [0.05, 0.1) is 0 Å².